The average Bonchev–Trinajstić information content (AvgIpc) is 2.03. The number of hydrogen-bond acceptors (Lipinski definition) is 1. The smallest absolute Gasteiger partial charge is 0.0807 e. The van der Waals surface area contributed by atoms with E-state index in [-0.39, 0.29) is 5.06 Å². The fourth-order valence-corrected chi connectivity index (χ4v) is 0.965. The van der Waals surface area contributed by atoms with Crippen LogP contribution in [0.3, 0.4) is 0 Å². The Morgan fingerprint density at radius 2 is 1.91 bits per heavy atom. The van der Waals surface area contributed by atoms with Gasteiger partial charge in [0.2, 0.25) is 0 Å². The van der Waals surface area contributed by atoms with Gasteiger partial charge in [-0.1, -0.05) is 30.3 Å². The zero-order valence-corrected chi connectivity index (χ0v) is 6.71. The lowest BCUT2D eigenvalue weighted by molar-refractivity contribution is -0.825. The van der Waals surface area contributed by atoms with E-state index in [0.29, 0.717) is 6.54 Å². The van der Waals surface area contributed by atoms with Crippen molar-refractivity contribution >= 4 is 0 Å². The van der Waals surface area contributed by atoms with Crippen LogP contribution in [0.2, 0.25) is 0 Å². The summed E-state index contributed by atoms with van der Waals surface area (Å²) in [6, 6.07) is 10.1. The summed E-state index contributed by atoms with van der Waals surface area (Å²) in [6.07, 6.45) is 0.871. The molecular formula is C9H13NO. The van der Waals surface area contributed by atoms with Gasteiger partial charge in [-0.25, -0.2) is 0 Å². The van der Waals surface area contributed by atoms with Crippen LogP contribution >= 0.6 is 0 Å². The van der Waals surface area contributed by atoms with E-state index in [0.717, 1.165) is 6.42 Å². The van der Waals surface area contributed by atoms with E-state index in [1.807, 2.05) is 30.3 Å². The lowest BCUT2D eigenvalue weighted by Crippen LogP contribution is -3.04. The van der Waals surface area contributed by atoms with Crippen LogP contribution in [0.1, 0.15) is 5.56 Å². The quantitative estimate of drug-likeness (QED) is 0.616. The van der Waals surface area contributed by atoms with Crippen LogP contribution in [0.25, 0.3) is 0 Å². The van der Waals surface area contributed by atoms with Gasteiger partial charge in [0.1, 0.15) is 0 Å². The van der Waals surface area contributed by atoms with E-state index in [2.05, 4.69) is 0 Å². The fraction of sp³-hybridized carbons (Fsp3) is 0.333. The maximum absolute atomic E-state index is 10.6. The van der Waals surface area contributed by atoms with Crippen LogP contribution in [0.4, 0.5) is 0 Å². The first-order valence-electron chi connectivity index (χ1n) is 3.82. The van der Waals surface area contributed by atoms with Gasteiger partial charge in [0.05, 0.1) is 13.6 Å². The molecule has 1 unspecified atom stereocenters. The molecule has 1 N–H and O–H groups in total. The van der Waals surface area contributed by atoms with Gasteiger partial charge in [0.25, 0.3) is 0 Å². The molecule has 2 nitrogen and oxygen atoms in total. The van der Waals surface area contributed by atoms with Crippen molar-refractivity contribution in [3.05, 3.63) is 41.1 Å². The number of likely N-dealkylation sites (N-methyl/N-ethyl adjacent to an activating group) is 1. The van der Waals surface area contributed by atoms with E-state index in [9.17, 15) is 5.21 Å². The number of benzene rings is 1. The average molecular weight is 151 g/mol. The molecule has 1 rings (SSSR count). The second-order valence-electron chi connectivity index (χ2n) is 2.69. The maximum atomic E-state index is 10.6. The van der Waals surface area contributed by atoms with Crippen molar-refractivity contribution < 1.29 is 5.06 Å². The standard InChI is InChI=1S/C9H13NO/c1-10(11)8-7-9-5-3-2-4-6-9/h2-6,10H,7-8H2,1H3. The fourth-order valence-electron chi connectivity index (χ4n) is 0.965. The molecule has 0 bridgehead atoms. The molecule has 1 aromatic rings. The largest absolute Gasteiger partial charge is 0.634 e. The Kier molecular flexibility index (Phi) is 3.08. The molecule has 0 fully saturated rings. The lowest BCUT2D eigenvalue weighted by atomic mass is 10.1. The summed E-state index contributed by atoms with van der Waals surface area (Å²) in [7, 11) is 1.63. The highest BCUT2D eigenvalue weighted by molar-refractivity contribution is 5.14. The molecule has 1 aromatic carbocycles. The van der Waals surface area contributed by atoms with Crippen LogP contribution in [0.5, 0.6) is 0 Å². The predicted molar refractivity (Wildman–Crippen MR) is 45.3 cm³/mol. The first-order chi connectivity index (χ1) is 5.29. The minimum absolute atomic E-state index is 0.258. The third-order valence-corrected chi connectivity index (χ3v) is 1.61. The Hall–Kier alpha value is -0.860. The molecule has 0 aromatic heterocycles. The Morgan fingerprint density at radius 3 is 2.45 bits per heavy atom. The molecular weight excluding hydrogens is 138 g/mol. The molecule has 0 aliphatic heterocycles. The number of rotatable bonds is 3. The highest BCUT2D eigenvalue weighted by Gasteiger charge is 1.91. The number of hydrogen-bond donors (Lipinski definition) is 1. The monoisotopic (exact) mass is 151 g/mol. The molecule has 0 aliphatic carbocycles. The zero-order chi connectivity index (χ0) is 8.10. The Bertz CT molecular complexity index is 196. The van der Waals surface area contributed by atoms with Gasteiger partial charge < -0.3 is 10.3 Å². The number of nitrogens with one attached hydrogen (secondary N) is 1. The van der Waals surface area contributed by atoms with E-state index in [1.165, 1.54) is 5.56 Å². The van der Waals surface area contributed by atoms with Gasteiger partial charge in [0.15, 0.2) is 0 Å². The van der Waals surface area contributed by atoms with Crippen molar-refractivity contribution in [3.63, 3.8) is 0 Å². The summed E-state index contributed by atoms with van der Waals surface area (Å²) in [6.45, 7) is 0.657. The third kappa shape index (κ3) is 3.16. The minimum Gasteiger partial charge on any atom is -0.634 e. The summed E-state index contributed by atoms with van der Waals surface area (Å²) in [4.78, 5) is 0. The van der Waals surface area contributed by atoms with Gasteiger partial charge in [0, 0.05) is 6.42 Å². The first kappa shape index (κ1) is 8.24. The molecule has 0 aliphatic rings. The van der Waals surface area contributed by atoms with Gasteiger partial charge in [-0.05, 0) is 5.56 Å². The predicted octanol–water partition coefficient (Wildman–Crippen LogP) is 0.242. The van der Waals surface area contributed by atoms with Crippen molar-refractivity contribution in [2.24, 2.45) is 0 Å². The summed E-state index contributed by atoms with van der Waals surface area (Å²) < 4.78 is 0. The Morgan fingerprint density at radius 1 is 1.27 bits per heavy atom. The highest BCUT2D eigenvalue weighted by Crippen LogP contribution is 1.96. The Balaban J connectivity index is 2.39. The molecule has 60 valence electrons. The minimum atomic E-state index is 0.258. The lowest BCUT2D eigenvalue weighted by Gasteiger charge is -2.15. The zero-order valence-electron chi connectivity index (χ0n) is 6.71. The molecule has 1 atom stereocenters. The first-order valence-corrected chi connectivity index (χ1v) is 3.82. The SMILES string of the molecule is C[NH+]([O-])CCc1ccccc1. The van der Waals surface area contributed by atoms with Gasteiger partial charge >= 0.3 is 0 Å². The maximum Gasteiger partial charge on any atom is 0.0807 e. The second-order valence-corrected chi connectivity index (χ2v) is 2.69. The second kappa shape index (κ2) is 4.11. The van der Waals surface area contributed by atoms with Crippen molar-refractivity contribution in [2.75, 3.05) is 13.6 Å². The number of hydroxylamine groups is 2. The van der Waals surface area contributed by atoms with Crippen LogP contribution in [-0.4, -0.2) is 13.6 Å². The highest BCUT2D eigenvalue weighted by atomic mass is 16.5. The van der Waals surface area contributed by atoms with Crippen molar-refractivity contribution in [1.82, 2.24) is 0 Å². The molecule has 0 saturated heterocycles. The van der Waals surface area contributed by atoms with E-state index >= 15 is 0 Å². The summed E-state index contributed by atoms with van der Waals surface area (Å²) >= 11 is 0. The van der Waals surface area contributed by atoms with Gasteiger partial charge in [-0.15, -0.1) is 0 Å². The summed E-state index contributed by atoms with van der Waals surface area (Å²) in [5.41, 5.74) is 1.24. The molecule has 0 amide bonds. The van der Waals surface area contributed by atoms with Crippen molar-refractivity contribution in [3.8, 4) is 0 Å². The van der Waals surface area contributed by atoms with Crippen LogP contribution in [0, 0.1) is 5.21 Å². The van der Waals surface area contributed by atoms with Gasteiger partial charge in [-0.3, -0.25) is 0 Å². The molecule has 0 saturated carbocycles. The van der Waals surface area contributed by atoms with E-state index in [1.54, 1.807) is 7.05 Å². The van der Waals surface area contributed by atoms with Crippen LogP contribution in [-0.2, 0) is 6.42 Å². The topological polar surface area (TPSA) is 27.5 Å². The van der Waals surface area contributed by atoms with Crippen molar-refractivity contribution in [1.29, 1.82) is 0 Å². The number of quaternary nitrogens is 1. The molecule has 0 spiro atoms. The van der Waals surface area contributed by atoms with Crippen molar-refractivity contribution in [2.45, 2.75) is 6.42 Å². The third-order valence-electron chi connectivity index (χ3n) is 1.61. The molecule has 0 heterocycles. The summed E-state index contributed by atoms with van der Waals surface area (Å²) in [5.74, 6) is 0. The van der Waals surface area contributed by atoms with Gasteiger partial charge in [-0.2, -0.15) is 0 Å². The molecule has 11 heavy (non-hydrogen) atoms. The van der Waals surface area contributed by atoms with Crippen LogP contribution < -0.4 is 5.06 Å². The van der Waals surface area contributed by atoms with Crippen LogP contribution in [0.15, 0.2) is 30.3 Å². The molecule has 0 radical (unpaired) electrons. The summed E-state index contributed by atoms with van der Waals surface area (Å²) in [5, 5.41) is 10.9. The Labute approximate surface area is 67.0 Å². The van der Waals surface area contributed by atoms with E-state index < -0.39 is 0 Å². The van der Waals surface area contributed by atoms with E-state index in [4.69, 9.17) is 0 Å². The normalized spacial score (nSPS) is 12.9. The molecule has 2 heteroatoms.